The third-order valence-electron chi connectivity index (χ3n) is 5.02. The molecule has 3 N–H and O–H groups in total. The van der Waals surface area contributed by atoms with Gasteiger partial charge in [0, 0.05) is 41.3 Å². The fraction of sp³-hybridized carbons (Fsp3) is 0.263. The molecule has 0 spiro atoms. The first kappa shape index (κ1) is 21.2. The van der Waals surface area contributed by atoms with Crippen molar-refractivity contribution in [3.8, 4) is 0 Å². The fourth-order valence-corrected chi connectivity index (χ4v) is 4.74. The maximum Gasteiger partial charge on any atom is 0.470 e. The second kappa shape index (κ2) is 8.22. The number of phosphoric acid groups is 1. The van der Waals surface area contributed by atoms with Crippen LogP contribution < -0.4 is 0 Å². The summed E-state index contributed by atoms with van der Waals surface area (Å²) in [5, 5.41) is 2.47. The Balaban J connectivity index is 1.59. The lowest BCUT2D eigenvalue weighted by atomic mass is 10.0. The number of benzene rings is 2. The molecule has 0 bridgehead atoms. The summed E-state index contributed by atoms with van der Waals surface area (Å²) in [5.41, 5.74) is 3.86. The molecule has 29 heavy (non-hydrogen) atoms. The van der Waals surface area contributed by atoms with Crippen LogP contribution in [-0.4, -0.2) is 32.8 Å². The molecule has 6 nitrogen and oxygen atoms in total. The summed E-state index contributed by atoms with van der Waals surface area (Å²) in [5.74, 6) is 0. The van der Waals surface area contributed by atoms with Crippen molar-refractivity contribution in [2.24, 2.45) is 0 Å². The first-order valence-electron chi connectivity index (χ1n) is 8.90. The second-order valence-electron chi connectivity index (χ2n) is 7.02. The number of rotatable bonds is 5. The predicted molar refractivity (Wildman–Crippen MR) is 115 cm³/mol. The lowest BCUT2D eigenvalue weighted by Gasteiger charge is -2.31. The number of nitrogens with zero attached hydrogens (tertiary/aromatic N) is 1. The van der Waals surface area contributed by atoms with Crippen molar-refractivity contribution in [2.45, 2.75) is 19.1 Å². The molecule has 0 amide bonds. The van der Waals surface area contributed by atoms with Crippen LogP contribution in [0.3, 0.4) is 0 Å². The zero-order valence-electron chi connectivity index (χ0n) is 15.1. The highest BCUT2D eigenvalue weighted by atomic mass is 35.5. The van der Waals surface area contributed by atoms with E-state index >= 15 is 0 Å². The summed E-state index contributed by atoms with van der Waals surface area (Å²) in [6.07, 6.45) is -0.0642. The van der Waals surface area contributed by atoms with Gasteiger partial charge in [0.25, 0.3) is 0 Å². The third-order valence-corrected chi connectivity index (χ3v) is 6.52. The van der Waals surface area contributed by atoms with Crippen LogP contribution in [0.25, 0.3) is 10.9 Å². The van der Waals surface area contributed by atoms with Gasteiger partial charge in [-0.15, -0.1) is 0 Å². The second-order valence-corrected chi connectivity index (χ2v) is 9.46. The standard InChI is InChI=1S/C19H18Cl3N2O4P/c20-12-2-4-17-14(8-12)13-5-6-24(9-18(13)23-17)10-19(28-29(25,26)27)11-1-3-15(21)16(22)7-11/h1-4,7-8,19,23H,5-6,9-10H2,(H2,25,26,27). The van der Waals surface area contributed by atoms with Crippen molar-refractivity contribution in [1.29, 1.82) is 0 Å². The quantitative estimate of drug-likeness (QED) is 0.434. The lowest BCUT2D eigenvalue weighted by molar-refractivity contribution is 0.0889. The van der Waals surface area contributed by atoms with Crippen LogP contribution in [0.5, 0.6) is 0 Å². The van der Waals surface area contributed by atoms with E-state index in [0.29, 0.717) is 33.7 Å². The van der Waals surface area contributed by atoms with E-state index < -0.39 is 13.9 Å². The van der Waals surface area contributed by atoms with E-state index in [4.69, 9.17) is 39.3 Å². The highest BCUT2D eigenvalue weighted by molar-refractivity contribution is 7.46. The molecular weight excluding hydrogens is 458 g/mol. The molecule has 3 aromatic rings. The number of aromatic nitrogens is 1. The number of halogens is 3. The SMILES string of the molecule is O=P(O)(O)OC(CN1CCc2c([nH]c3ccc(Cl)cc23)C1)c1ccc(Cl)c(Cl)c1. The molecule has 10 heteroatoms. The molecule has 0 saturated carbocycles. The Kier molecular flexibility index (Phi) is 6.00. The summed E-state index contributed by atoms with van der Waals surface area (Å²) in [6, 6.07) is 10.6. The van der Waals surface area contributed by atoms with Gasteiger partial charge in [-0.05, 0) is 47.9 Å². The van der Waals surface area contributed by atoms with Crippen LogP contribution in [0.1, 0.15) is 22.9 Å². The smallest absolute Gasteiger partial charge is 0.357 e. The first-order valence-corrected chi connectivity index (χ1v) is 11.6. The van der Waals surface area contributed by atoms with Crippen molar-refractivity contribution >= 4 is 53.5 Å². The zero-order chi connectivity index (χ0) is 20.8. The Morgan fingerprint density at radius 1 is 1.14 bits per heavy atom. The number of fused-ring (bicyclic) bond motifs is 3. The zero-order valence-corrected chi connectivity index (χ0v) is 18.3. The summed E-state index contributed by atoms with van der Waals surface area (Å²) >= 11 is 18.2. The molecule has 154 valence electrons. The highest BCUT2D eigenvalue weighted by Crippen LogP contribution is 2.43. The molecule has 0 fully saturated rings. The van der Waals surface area contributed by atoms with E-state index in [-0.39, 0.29) is 0 Å². The van der Waals surface area contributed by atoms with E-state index in [0.717, 1.165) is 29.6 Å². The van der Waals surface area contributed by atoms with Crippen molar-refractivity contribution < 1.29 is 18.9 Å². The molecule has 0 aliphatic carbocycles. The molecule has 0 saturated heterocycles. The number of hydrogen-bond donors (Lipinski definition) is 3. The van der Waals surface area contributed by atoms with Crippen LogP contribution >= 0.6 is 42.6 Å². The normalized spacial score (nSPS) is 16.2. The minimum Gasteiger partial charge on any atom is -0.357 e. The van der Waals surface area contributed by atoms with Crippen LogP contribution in [0.4, 0.5) is 0 Å². The maximum absolute atomic E-state index is 11.5. The Labute approximate surface area is 182 Å². The van der Waals surface area contributed by atoms with E-state index in [1.165, 1.54) is 5.56 Å². The van der Waals surface area contributed by atoms with Gasteiger partial charge in [0.15, 0.2) is 0 Å². The molecule has 2 heterocycles. The molecule has 1 unspecified atom stereocenters. The minimum atomic E-state index is -4.70. The Morgan fingerprint density at radius 3 is 2.66 bits per heavy atom. The van der Waals surface area contributed by atoms with Crippen molar-refractivity contribution in [3.05, 3.63) is 68.3 Å². The molecule has 1 aromatic heterocycles. The number of aromatic amines is 1. The van der Waals surface area contributed by atoms with Gasteiger partial charge < -0.3 is 14.8 Å². The van der Waals surface area contributed by atoms with Gasteiger partial charge >= 0.3 is 7.82 Å². The molecule has 1 aliphatic heterocycles. The minimum absolute atomic E-state index is 0.290. The first-order chi connectivity index (χ1) is 13.7. The van der Waals surface area contributed by atoms with Gasteiger partial charge in [-0.25, -0.2) is 4.57 Å². The largest absolute Gasteiger partial charge is 0.470 e. The topological polar surface area (TPSA) is 85.8 Å². The van der Waals surface area contributed by atoms with Crippen molar-refractivity contribution in [2.75, 3.05) is 13.1 Å². The molecule has 1 aliphatic rings. The molecule has 0 radical (unpaired) electrons. The van der Waals surface area contributed by atoms with Crippen molar-refractivity contribution in [3.63, 3.8) is 0 Å². The predicted octanol–water partition coefficient (Wildman–Crippen LogP) is 5.34. The maximum atomic E-state index is 11.5. The molecule has 1 atom stereocenters. The average Bonchev–Trinajstić information content (AvgIpc) is 2.99. The summed E-state index contributed by atoms with van der Waals surface area (Å²) in [7, 11) is -4.70. The summed E-state index contributed by atoms with van der Waals surface area (Å²) in [6.45, 7) is 1.61. The monoisotopic (exact) mass is 474 g/mol. The van der Waals surface area contributed by atoms with Gasteiger partial charge in [-0.1, -0.05) is 40.9 Å². The van der Waals surface area contributed by atoms with Crippen LogP contribution in [0.15, 0.2) is 36.4 Å². The van der Waals surface area contributed by atoms with Crippen LogP contribution in [0.2, 0.25) is 15.1 Å². The number of nitrogens with one attached hydrogen (secondary N) is 1. The molecule has 2 aromatic carbocycles. The number of hydrogen-bond acceptors (Lipinski definition) is 3. The van der Waals surface area contributed by atoms with Gasteiger partial charge in [-0.2, -0.15) is 0 Å². The van der Waals surface area contributed by atoms with Gasteiger partial charge in [0.1, 0.15) is 6.10 Å². The Bertz CT molecular complexity index is 1110. The third kappa shape index (κ3) is 4.82. The van der Waals surface area contributed by atoms with E-state index in [1.54, 1.807) is 18.2 Å². The van der Waals surface area contributed by atoms with Crippen LogP contribution in [0, 0.1) is 0 Å². The molecule has 4 rings (SSSR count). The van der Waals surface area contributed by atoms with Crippen LogP contribution in [-0.2, 0) is 22.1 Å². The Hall–Kier alpha value is -1.08. The van der Waals surface area contributed by atoms with Crippen molar-refractivity contribution in [1.82, 2.24) is 9.88 Å². The Morgan fingerprint density at radius 2 is 1.93 bits per heavy atom. The number of phosphoric ester groups is 1. The summed E-state index contributed by atoms with van der Waals surface area (Å²) in [4.78, 5) is 24.3. The van der Waals surface area contributed by atoms with Gasteiger partial charge in [0.05, 0.1) is 10.0 Å². The molecular formula is C19H18Cl3N2O4P. The lowest BCUT2D eigenvalue weighted by Crippen LogP contribution is -2.34. The highest BCUT2D eigenvalue weighted by Gasteiger charge is 2.29. The fourth-order valence-electron chi connectivity index (χ4n) is 3.74. The van der Waals surface area contributed by atoms with Gasteiger partial charge in [-0.3, -0.25) is 9.42 Å². The van der Waals surface area contributed by atoms with E-state index in [2.05, 4.69) is 9.88 Å². The number of H-pyrrole nitrogens is 1. The van der Waals surface area contributed by atoms with E-state index in [9.17, 15) is 14.4 Å². The van der Waals surface area contributed by atoms with Gasteiger partial charge in [0.2, 0.25) is 0 Å². The summed E-state index contributed by atoms with van der Waals surface area (Å²) < 4.78 is 16.6. The van der Waals surface area contributed by atoms with E-state index in [1.807, 2.05) is 18.2 Å². The average molecular weight is 476 g/mol.